The number of carbonyl (C=O) groups excluding carboxylic acids is 1. The van der Waals surface area contributed by atoms with Crippen LogP contribution in [-0.2, 0) is 16.0 Å². The van der Waals surface area contributed by atoms with Crippen molar-refractivity contribution in [2.45, 2.75) is 71.8 Å². The molecule has 0 radical (unpaired) electrons. The van der Waals surface area contributed by atoms with Gasteiger partial charge in [-0.05, 0) is 73.7 Å². The summed E-state index contributed by atoms with van der Waals surface area (Å²) in [7, 11) is 0. The van der Waals surface area contributed by atoms with Crippen molar-refractivity contribution in [3.63, 3.8) is 0 Å². The highest BCUT2D eigenvalue weighted by molar-refractivity contribution is 7.15. The number of carbonyl (C=O) groups is 1. The number of aryl methyl sites for hydroxylation is 1. The first-order chi connectivity index (χ1) is 15.4. The van der Waals surface area contributed by atoms with Crippen LogP contribution < -0.4 is 0 Å². The van der Waals surface area contributed by atoms with E-state index in [2.05, 4.69) is 50.3 Å². The summed E-state index contributed by atoms with van der Waals surface area (Å²) >= 11 is 1.89. The van der Waals surface area contributed by atoms with Gasteiger partial charge in [-0.1, -0.05) is 50.3 Å². The van der Waals surface area contributed by atoms with Gasteiger partial charge in [0, 0.05) is 22.8 Å². The summed E-state index contributed by atoms with van der Waals surface area (Å²) in [5, 5.41) is 1.17. The van der Waals surface area contributed by atoms with Crippen LogP contribution in [0.2, 0.25) is 0 Å². The van der Waals surface area contributed by atoms with E-state index in [0.717, 1.165) is 19.3 Å². The standard InChI is InChI=1S/C28H33NO2S/c1-17(30)31-24-12-11-20-19-9-10-22-25-23(32-26(29-25)18-7-5-4-6-8-18)14-16-27(22,2)21(19)13-15-28(20,24)3/h4-8,10,19-21,24H,9,11-16H2,1-3H3/t19-,20-,21-,24-,27+,28-/m0/s1. The maximum absolute atomic E-state index is 11.7. The van der Waals surface area contributed by atoms with Crippen LogP contribution in [0.1, 0.15) is 69.9 Å². The van der Waals surface area contributed by atoms with E-state index < -0.39 is 0 Å². The predicted octanol–water partition coefficient (Wildman–Crippen LogP) is 6.92. The van der Waals surface area contributed by atoms with Crippen LogP contribution in [0, 0.1) is 28.6 Å². The lowest BCUT2D eigenvalue weighted by Gasteiger charge is -2.56. The molecule has 4 aliphatic rings. The largest absolute Gasteiger partial charge is 0.462 e. The minimum Gasteiger partial charge on any atom is -0.462 e. The average Bonchev–Trinajstić information content (AvgIpc) is 3.35. The Hall–Kier alpha value is -1.94. The van der Waals surface area contributed by atoms with Crippen LogP contribution in [0.3, 0.4) is 0 Å². The smallest absolute Gasteiger partial charge is 0.302 e. The minimum absolute atomic E-state index is 0.106. The molecule has 6 rings (SSSR count). The molecular formula is C28H33NO2S. The molecule has 0 N–H and O–H groups in total. The monoisotopic (exact) mass is 447 g/mol. The summed E-state index contributed by atoms with van der Waals surface area (Å²) in [5.41, 5.74) is 4.42. The highest BCUT2D eigenvalue weighted by atomic mass is 32.1. The van der Waals surface area contributed by atoms with Gasteiger partial charge in [-0.2, -0.15) is 0 Å². The Bertz CT molecular complexity index is 1090. The number of nitrogens with zero attached hydrogens (tertiary/aromatic N) is 1. The van der Waals surface area contributed by atoms with Crippen molar-refractivity contribution in [2.24, 2.45) is 28.6 Å². The van der Waals surface area contributed by atoms with Gasteiger partial charge in [0.2, 0.25) is 0 Å². The third-order valence-corrected chi connectivity index (χ3v) is 10.7. The van der Waals surface area contributed by atoms with Gasteiger partial charge in [0.15, 0.2) is 0 Å². The highest BCUT2D eigenvalue weighted by Crippen LogP contribution is 2.66. The fourth-order valence-electron chi connectivity index (χ4n) is 7.94. The normalized spacial score (nSPS) is 37.5. The molecule has 168 valence electrons. The molecule has 0 spiro atoms. The van der Waals surface area contributed by atoms with Crippen molar-refractivity contribution in [2.75, 3.05) is 0 Å². The lowest BCUT2D eigenvalue weighted by Crippen LogP contribution is -2.50. The molecule has 4 aliphatic carbocycles. The molecule has 32 heavy (non-hydrogen) atoms. The van der Waals surface area contributed by atoms with Gasteiger partial charge in [0.05, 0.1) is 5.69 Å². The first-order valence-electron chi connectivity index (χ1n) is 12.3. The highest BCUT2D eigenvalue weighted by Gasteiger charge is 2.59. The quantitative estimate of drug-likeness (QED) is 0.469. The van der Waals surface area contributed by atoms with Crippen molar-refractivity contribution in [1.29, 1.82) is 0 Å². The van der Waals surface area contributed by atoms with Gasteiger partial charge in [0.1, 0.15) is 11.1 Å². The number of aromatic nitrogens is 1. The van der Waals surface area contributed by atoms with E-state index in [9.17, 15) is 4.79 Å². The van der Waals surface area contributed by atoms with Crippen LogP contribution >= 0.6 is 11.3 Å². The Balaban J connectivity index is 1.34. The Morgan fingerprint density at radius 2 is 1.91 bits per heavy atom. The number of benzene rings is 1. The van der Waals surface area contributed by atoms with E-state index in [4.69, 9.17) is 9.72 Å². The molecule has 3 nitrogen and oxygen atoms in total. The Morgan fingerprint density at radius 3 is 2.69 bits per heavy atom. The molecule has 6 atom stereocenters. The fraction of sp³-hybridized carbons (Fsp3) is 0.571. The van der Waals surface area contributed by atoms with E-state index in [0.29, 0.717) is 17.8 Å². The zero-order chi connectivity index (χ0) is 22.1. The predicted molar refractivity (Wildman–Crippen MR) is 129 cm³/mol. The first-order valence-corrected chi connectivity index (χ1v) is 13.1. The summed E-state index contributed by atoms with van der Waals surface area (Å²) in [6, 6.07) is 10.6. The molecule has 1 heterocycles. The Morgan fingerprint density at radius 1 is 1.09 bits per heavy atom. The third-order valence-electron chi connectivity index (χ3n) is 9.53. The molecule has 2 fully saturated rings. The van der Waals surface area contributed by atoms with E-state index in [1.54, 1.807) is 6.92 Å². The molecule has 0 unspecified atom stereocenters. The Kier molecular flexibility index (Phi) is 4.70. The summed E-state index contributed by atoms with van der Waals surface area (Å²) in [6.45, 7) is 6.50. The SMILES string of the molecule is CC(=O)O[C@H]1CC[C@H]2[C@@H]3CC=C4c5nc(-c6ccccc6)sc5CC[C@]4(C)[C@H]3CC[C@]12C. The summed E-state index contributed by atoms with van der Waals surface area (Å²) in [4.78, 5) is 18.4. The minimum atomic E-state index is -0.116. The molecule has 2 aromatic rings. The number of allylic oxidation sites excluding steroid dienone is 2. The van der Waals surface area contributed by atoms with Gasteiger partial charge < -0.3 is 4.74 Å². The molecular weight excluding hydrogens is 414 g/mol. The van der Waals surface area contributed by atoms with Crippen molar-refractivity contribution >= 4 is 22.9 Å². The Labute approximate surface area is 195 Å². The first kappa shape index (κ1) is 20.7. The van der Waals surface area contributed by atoms with Crippen molar-refractivity contribution < 1.29 is 9.53 Å². The number of rotatable bonds is 2. The maximum atomic E-state index is 11.7. The van der Waals surface area contributed by atoms with Crippen LogP contribution in [0.5, 0.6) is 0 Å². The molecule has 0 amide bonds. The lowest BCUT2D eigenvalue weighted by atomic mass is 9.48. The van der Waals surface area contributed by atoms with Gasteiger partial charge in [0.25, 0.3) is 0 Å². The molecule has 0 bridgehead atoms. The van der Waals surface area contributed by atoms with E-state index >= 15 is 0 Å². The summed E-state index contributed by atoms with van der Waals surface area (Å²) in [6.07, 6.45) is 10.9. The fourth-order valence-corrected chi connectivity index (χ4v) is 9.02. The molecule has 0 aliphatic heterocycles. The zero-order valence-electron chi connectivity index (χ0n) is 19.4. The molecule has 1 aromatic carbocycles. The second-order valence-corrected chi connectivity index (χ2v) is 12.1. The maximum Gasteiger partial charge on any atom is 0.302 e. The van der Waals surface area contributed by atoms with E-state index in [1.807, 2.05) is 11.3 Å². The zero-order valence-corrected chi connectivity index (χ0v) is 20.2. The summed E-state index contributed by atoms with van der Waals surface area (Å²) in [5.74, 6) is 1.97. The average molecular weight is 448 g/mol. The van der Waals surface area contributed by atoms with Crippen molar-refractivity contribution in [3.05, 3.63) is 47.0 Å². The van der Waals surface area contributed by atoms with E-state index in [-0.39, 0.29) is 22.9 Å². The number of hydrogen-bond donors (Lipinski definition) is 0. The second-order valence-electron chi connectivity index (χ2n) is 11.0. The molecule has 1 aromatic heterocycles. The second kappa shape index (κ2) is 7.28. The number of hydrogen-bond acceptors (Lipinski definition) is 4. The molecule has 4 heteroatoms. The third kappa shape index (κ3) is 2.91. The van der Waals surface area contributed by atoms with Gasteiger partial charge in [-0.3, -0.25) is 4.79 Å². The molecule has 0 saturated heterocycles. The van der Waals surface area contributed by atoms with Gasteiger partial charge >= 0.3 is 5.97 Å². The molecule has 2 saturated carbocycles. The number of thiazole rings is 1. The topological polar surface area (TPSA) is 39.2 Å². The lowest BCUT2D eigenvalue weighted by molar-refractivity contribution is -0.156. The van der Waals surface area contributed by atoms with E-state index in [1.165, 1.54) is 52.4 Å². The van der Waals surface area contributed by atoms with Gasteiger partial charge in [-0.25, -0.2) is 4.98 Å². The van der Waals surface area contributed by atoms with Crippen LogP contribution in [0.25, 0.3) is 16.1 Å². The van der Waals surface area contributed by atoms with Crippen molar-refractivity contribution in [3.8, 4) is 10.6 Å². The van der Waals surface area contributed by atoms with Gasteiger partial charge in [-0.15, -0.1) is 11.3 Å². The van der Waals surface area contributed by atoms with Crippen molar-refractivity contribution in [1.82, 2.24) is 4.98 Å². The van der Waals surface area contributed by atoms with Crippen LogP contribution in [0.4, 0.5) is 0 Å². The number of esters is 1. The van der Waals surface area contributed by atoms with Crippen LogP contribution in [-0.4, -0.2) is 17.1 Å². The summed E-state index contributed by atoms with van der Waals surface area (Å²) < 4.78 is 5.82. The van der Waals surface area contributed by atoms with Crippen LogP contribution in [0.15, 0.2) is 36.4 Å². The number of fused-ring (bicyclic) bond motifs is 7. The number of ether oxygens (including phenoxy) is 1.